The molecule has 12 heavy (non-hydrogen) atoms. The number of thiazole rings is 1. The van der Waals surface area contributed by atoms with Gasteiger partial charge in [0.1, 0.15) is 6.20 Å². The smallest absolute Gasteiger partial charge is 0.109 e. The van der Waals surface area contributed by atoms with Crippen molar-refractivity contribution in [3.8, 4) is 10.4 Å². The lowest BCUT2D eigenvalue weighted by Crippen LogP contribution is -1.71. The molecule has 0 N–H and O–H groups in total. The van der Waals surface area contributed by atoms with Crippen LogP contribution in [-0.2, 0) is 0 Å². The lowest BCUT2D eigenvalue weighted by atomic mass is 10.2. The Morgan fingerprint density at radius 3 is 3.00 bits per heavy atom. The fraction of sp³-hybridized carbons (Fsp3) is 0. The Hall–Kier alpha value is -0.860. The molecule has 0 atom stereocenters. The van der Waals surface area contributed by atoms with E-state index in [1.807, 2.05) is 24.3 Å². The van der Waals surface area contributed by atoms with Gasteiger partial charge in [-0.15, -0.1) is 11.3 Å². The van der Waals surface area contributed by atoms with Crippen molar-refractivity contribution in [1.82, 2.24) is 4.98 Å². The predicted octanol–water partition coefficient (Wildman–Crippen LogP) is 3.26. The van der Waals surface area contributed by atoms with Gasteiger partial charge in [-0.25, -0.2) is 4.98 Å². The first kappa shape index (κ1) is 7.77. The van der Waals surface area contributed by atoms with Gasteiger partial charge in [0.15, 0.2) is 0 Å². The Labute approximate surface area is 79.7 Å². The maximum Gasteiger partial charge on any atom is 0.109 e. The van der Waals surface area contributed by atoms with E-state index in [2.05, 4.69) is 11.2 Å². The molecule has 1 aromatic heterocycles. The Balaban J connectivity index is 2.48. The number of halogens is 1. The fourth-order valence-corrected chi connectivity index (χ4v) is 1.72. The second-order valence-corrected chi connectivity index (χ2v) is 3.59. The molecule has 2 aromatic rings. The molecular weight excluding hydrogens is 190 g/mol. The summed E-state index contributed by atoms with van der Waals surface area (Å²) in [6.07, 6.45) is 2.89. The first-order valence-electron chi connectivity index (χ1n) is 3.43. The van der Waals surface area contributed by atoms with Crippen LogP contribution in [0.4, 0.5) is 0 Å². The molecule has 0 saturated carbocycles. The van der Waals surface area contributed by atoms with E-state index in [1.165, 1.54) is 0 Å². The first-order chi connectivity index (χ1) is 5.86. The second kappa shape index (κ2) is 3.25. The molecule has 0 saturated heterocycles. The molecule has 0 unspecified atom stereocenters. The highest BCUT2D eigenvalue weighted by Gasteiger charge is 1.99. The van der Waals surface area contributed by atoms with E-state index < -0.39 is 0 Å². The molecule has 0 aliphatic rings. The summed E-state index contributed by atoms with van der Waals surface area (Å²) < 4.78 is 0. The number of aromatic nitrogens is 1. The van der Waals surface area contributed by atoms with Crippen molar-refractivity contribution in [2.45, 2.75) is 0 Å². The minimum Gasteiger partial charge on any atom is -0.242 e. The van der Waals surface area contributed by atoms with Crippen molar-refractivity contribution >= 4 is 22.9 Å². The molecule has 1 heterocycles. The van der Waals surface area contributed by atoms with Gasteiger partial charge < -0.3 is 0 Å². The van der Waals surface area contributed by atoms with Crippen LogP contribution in [0.3, 0.4) is 0 Å². The molecule has 59 valence electrons. The molecule has 0 bridgehead atoms. The predicted molar refractivity (Wildman–Crippen MR) is 51.4 cm³/mol. The summed E-state index contributed by atoms with van der Waals surface area (Å²) in [5.74, 6) is 0. The standard InChI is InChI=1S/C9H5ClNS/c10-8-3-1-2-7(4-8)9-5-11-6-12-9/h1-4,6H. The van der Waals surface area contributed by atoms with Crippen LogP contribution >= 0.6 is 22.9 Å². The third kappa shape index (κ3) is 1.49. The van der Waals surface area contributed by atoms with E-state index in [0.717, 1.165) is 15.5 Å². The average Bonchev–Trinajstić information content (AvgIpc) is 2.56. The lowest BCUT2D eigenvalue weighted by molar-refractivity contribution is 1.40. The monoisotopic (exact) mass is 194 g/mol. The average molecular weight is 195 g/mol. The molecule has 1 aromatic carbocycles. The topological polar surface area (TPSA) is 12.9 Å². The summed E-state index contributed by atoms with van der Waals surface area (Å²) in [4.78, 5) is 4.90. The van der Waals surface area contributed by atoms with Crippen LogP contribution in [0.5, 0.6) is 0 Å². The molecule has 0 amide bonds. The van der Waals surface area contributed by atoms with Crippen molar-refractivity contribution < 1.29 is 0 Å². The zero-order valence-corrected chi connectivity index (χ0v) is 7.69. The molecule has 3 heteroatoms. The maximum absolute atomic E-state index is 5.83. The van der Waals surface area contributed by atoms with Gasteiger partial charge in [-0.2, -0.15) is 0 Å². The van der Waals surface area contributed by atoms with Crippen LogP contribution in [0.1, 0.15) is 0 Å². The van der Waals surface area contributed by atoms with E-state index in [0.29, 0.717) is 0 Å². The Bertz CT molecular complexity index is 370. The summed E-state index contributed by atoms with van der Waals surface area (Å²) >= 11 is 7.39. The minimum atomic E-state index is 0.745. The van der Waals surface area contributed by atoms with Crippen LogP contribution < -0.4 is 0 Å². The van der Waals surface area contributed by atoms with Gasteiger partial charge in [0.2, 0.25) is 0 Å². The van der Waals surface area contributed by atoms with Gasteiger partial charge in [-0.1, -0.05) is 23.7 Å². The Kier molecular flexibility index (Phi) is 2.11. The second-order valence-electron chi connectivity index (χ2n) is 2.30. The normalized spacial score (nSPS) is 10.1. The van der Waals surface area contributed by atoms with E-state index >= 15 is 0 Å². The third-order valence-corrected chi connectivity index (χ3v) is 2.48. The van der Waals surface area contributed by atoms with Crippen LogP contribution in [0.15, 0.2) is 29.8 Å². The van der Waals surface area contributed by atoms with Gasteiger partial charge in [0.05, 0.1) is 10.4 Å². The zero-order chi connectivity index (χ0) is 8.39. The van der Waals surface area contributed by atoms with Gasteiger partial charge in [-0.3, -0.25) is 0 Å². The van der Waals surface area contributed by atoms with Crippen molar-refractivity contribution in [2.24, 2.45) is 0 Å². The Morgan fingerprint density at radius 2 is 2.33 bits per heavy atom. The molecule has 0 fully saturated rings. The summed E-state index contributed by atoms with van der Waals surface area (Å²) in [6.45, 7) is 0. The summed E-state index contributed by atoms with van der Waals surface area (Å²) in [7, 11) is 0. The van der Waals surface area contributed by atoms with Gasteiger partial charge in [0.25, 0.3) is 0 Å². The van der Waals surface area contributed by atoms with Crippen LogP contribution in [-0.4, -0.2) is 4.98 Å². The minimum absolute atomic E-state index is 0.745. The van der Waals surface area contributed by atoms with Crippen LogP contribution in [0.2, 0.25) is 5.02 Å². The highest BCUT2D eigenvalue weighted by Crippen LogP contribution is 2.24. The maximum atomic E-state index is 5.83. The number of nitrogens with zero attached hydrogens (tertiary/aromatic N) is 1. The SMILES string of the molecule is Clc1cccc(-c2[c]ncs2)c1. The van der Waals surface area contributed by atoms with E-state index in [1.54, 1.807) is 16.8 Å². The third-order valence-electron chi connectivity index (χ3n) is 1.48. The molecule has 0 aliphatic heterocycles. The number of hydrogen-bond acceptors (Lipinski definition) is 2. The van der Waals surface area contributed by atoms with Crippen LogP contribution in [0.25, 0.3) is 10.4 Å². The number of benzene rings is 1. The number of rotatable bonds is 1. The summed E-state index contributed by atoms with van der Waals surface area (Å²) in [6, 6.07) is 7.68. The van der Waals surface area contributed by atoms with Crippen LogP contribution in [0, 0.1) is 6.20 Å². The van der Waals surface area contributed by atoms with Crippen molar-refractivity contribution in [2.75, 3.05) is 0 Å². The van der Waals surface area contributed by atoms with Crippen molar-refractivity contribution in [3.05, 3.63) is 41.0 Å². The van der Waals surface area contributed by atoms with E-state index in [4.69, 9.17) is 11.6 Å². The zero-order valence-electron chi connectivity index (χ0n) is 6.12. The fourth-order valence-electron chi connectivity index (χ4n) is 0.953. The van der Waals surface area contributed by atoms with Crippen molar-refractivity contribution in [3.63, 3.8) is 0 Å². The number of hydrogen-bond donors (Lipinski definition) is 0. The largest absolute Gasteiger partial charge is 0.242 e. The molecule has 0 spiro atoms. The molecule has 1 nitrogen and oxygen atoms in total. The molecule has 1 radical (unpaired) electrons. The van der Waals surface area contributed by atoms with Crippen molar-refractivity contribution in [1.29, 1.82) is 0 Å². The first-order valence-corrected chi connectivity index (χ1v) is 4.69. The quantitative estimate of drug-likeness (QED) is 0.679. The van der Waals surface area contributed by atoms with Gasteiger partial charge in [0, 0.05) is 5.02 Å². The molecular formula is C9H5ClNS. The molecule has 0 aliphatic carbocycles. The highest BCUT2D eigenvalue weighted by atomic mass is 35.5. The van der Waals surface area contributed by atoms with Gasteiger partial charge >= 0.3 is 0 Å². The lowest BCUT2D eigenvalue weighted by Gasteiger charge is -1.95. The Morgan fingerprint density at radius 1 is 1.42 bits per heavy atom. The van der Waals surface area contributed by atoms with E-state index in [9.17, 15) is 0 Å². The summed E-state index contributed by atoms with van der Waals surface area (Å²) in [5.41, 5.74) is 2.83. The van der Waals surface area contributed by atoms with E-state index in [-0.39, 0.29) is 0 Å². The molecule has 2 rings (SSSR count). The van der Waals surface area contributed by atoms with Gasteiger partial charge in [-0.05, 0) is 17.7 Å². The summed E-state index contributed by atoms with van der Waals surface area (Å²) in [5, 5.41) is 0.745. The highest BCUT2D eigenvalue weighted by molar-refractivity contribution is 7.13.